The molecular weight excluding hydrogens is 146 g/mol. The van der Waals surface area contributed by atoms with Gasteiger partial charge >= 0.3 is 0 Å². The van der Waals surface area contributed by atoms with Crippen LogP contribution in [0.1, 0.15) is 46.5 Å². The first-order chi connectivity index (χ1) is 5.59. The third-order valence-electron chi connectivity index (χ3n) is 3.60. The molecule has 0 aliphatic carbocycles. The van der Waals surface area contributed by atoms with Gasteiger partial charge in [-0.3, -0.25) is 4.90 Å². The molecule has 0 aromatic heterocycles. The normalized spacial score (nSPS) is 37.2. The molecule has 0 bridgehead atoms. The lowest BCUT2D eigenvalue weighted by molar-refractivity contribution is 0.137. The Kier molecular flexibility index (Phi) is 1.95. The highest BCUT2D eigenvalue weighted by Gasteiger charge is 2.41. The Hall–Kier alpha value is -0.0400. The van der Waals surface area contributed by atoms with Crippen molar-refractivity contribution < 1.29 is 0 Å². The summed E-state index contributed by atoms with van der Waals surface area (Å²) in [5.41, 5.74) is 0.499. The van der Waals surface area contributed by atoms with E-state index in [4.69, 9.17) is 0 Å². The maximum Gasteiger partial charge on any atom is 0.0147 e. The average Bonchev–Trinajstić information content (AvgIpc) is 2.37. The molecule has 2 unspecified atom stereocenters. The van der Waals surface area contributed by atoms with Crippen molar-refractivity contribution in [3.05, 3.63) is 0 Å². The topological polar surface area (TPSA) is 3.24 Å². The summed E-state index contributed by atoms with van der Waals surface area (Å²) in [6, 6.07) is 1.82. The molecule has 2 rings (SSSR count). The van der Waals surface area contributed by atoms with Gasteiger partial charge in [-0.15, -0.1) is 0 Å². The molecule has 2 aliphatic rings. The van der Waals surface area contributed by atoms with Crippen LogP contribution < -0.4 is 0 Å². The van der Waals surface area contributed by atoms with E-state index < -0.39 is 0 Å². The molecular formula is C11H21N. The van der Waals surface area contributed by atoms with Gasteiger partial charge in [0, 0.05) is 12.1 Å². The SMILES string of the molecule is CC(C)(C)C1CCC2CCCN21. The van der Waals surface area contributed by atoms with Gasteiger partial charge in [0.2, 0.25) is 0 Å². The maximum absolute atomic E-state index is 2.76. The predicted molar refractivity (Wildman–Crippen MR) is 52.2 cm³/mol. The molecule has 2 heterocycles. The summed E-state index contributed by atoms with van der Waals surface area (Å²) in [4.78, 5) is 2.76. The van der Waals surface area contributed by atoms with Crippen molar-refractivity contribution in [3.8, 4) is 0 Å². The Morgan fingerprint density at radius 2 is 1.83 bits per heavy atom. The number of fused-ring (bicyclic) bond motifs is 1. The third kappa shape index (κ3) is 1.28. The first-order valence-electron chi connectivity index (χ1n) is 5.35. The molecule has 2 saturated heterocycles. The Labute approximate surface area is 76.1 Å². The lowest BCUT2D eigenvalue weighted by Crippen LogP contribution is -2.40. The van der Waals surface area contributed by atoms with Gasteiger partial charge in [0.15, 0.2) is 0 Å². The molecule has 0 aromatic rings. The van der Waals surface area contributed by atoms with E-state index >= 15 is 0 Å². The van der Waals surface area contributed by atoms with E-state index in [-0.39, 0.29) is 0 Å². The van der Waals surface area contributed by atoms with Crippen molar-refractivity contribution in [2.24, 2.45) is 5.41 Å². The summed E-state index contributed by atoms with van der Waals surface area (Å²) < 4.78 is 0. The minimum atomic E-state index is 0.499. The van der Waals surface area contributed by atoms with E-state index in [2.05, 4.69) is 25.7 Å². The summed E-state index contributed by atoms with van der Waals surface area (Å²) in [5.74, 6) is 0. The van der Waals surface area contributed by atoms with Gasteiger partial charge in [-0.25, -0.2) is 0 Å². The fraction of sp³-hybridized carbons (Fsp3) is 1.00. The molecule has 0 N–H and O–H groups in total. The summed E-state index contributed by atoms with van der Waals surface area (Å²) >= 11 is 0. The molecule has 1 nitrogen and oxygen atoms in total. The van der Waals surface area contributed by atoms with E-state index in [0.29, 0.717) is 5.41 Å². The van der Waals surface area contributed by atoms with Gasteiger partial charge < -0.3 is 0 Å². The summed E-state index contributed by atoms with van der Waals surface area (Å²) in [7, 11) is 0. The van der Waals surface area contributed by atoms with Gasteiger partial charge in [0.25, 0.3) is 0 Å². The van der Waals surface area contributed by atoms with Crippen molar-refractivity contribution in [1.82, 2.24) is 4.90 Å². The fourth-order valence-corrected chi connectivity index (χ4v) is 3.02. The molecule has 2 atom stereocenters. The van der Waals surface area contributed by atoms with Crippen LogP contribution in [0.4, 0.5) is 0 Å². The van der Waals surface area contributed by atoms with Gasteiger partial charge in [0.05, 0.1) is 0 Å². The highest BCUT2D eigenvalue weighted by Crippen LogP contribution is 2.40. The smallest absolute Gasteiger partial charge is 0.0147 e. The third-order valence-corrected chi connectivity index (χ3v) is 3.60. The van der Waals surface area contributed by atoms with Crippen LogP contribution in [0.25, 0.3) is 0 Å². The lowest BCUT2D eigenvalue weighted by atomic mass is 9.85. The lowest BCUT2D eigenvalue weighted by Gasteiger charge is -2.34. The Morgan fingerprint density at radius 3 is 2.50 bits per heavy atom. The van der Waals surface area contributed by atoms with E-state index in [1.165, 1.54) is 32.2 Å². The molecule has 0 radical (unpaired) electrons. The van der Waals surface area contributed by atoms with Crippen molar-refractivity contribution in [1.29, 1.82) is 0 Å². The van der Waals surface area contributed by atoms with Gasteiger partial charge in [-0.1, -0.05) is 20.8 Å². The summed E-state index contributed by atoms with van der Waals surface area (Å²) in [5, 5.41) is 0. The van der Waals surface area contributed by atoms with Crippen LogP contribution in [0.15, 0.2) is 0 Å². The van der Waals surface area contributed by atoms with E-state index in [9.17, 15) is 0 Å². The van der Waals surface area contributed by atoms with Crippen molar-refractivity contribution in [2.75, 3.05) is 6.54 Å². The van der Waals surface area contributed by atoms with Crippen LogP contribution in [0.3, 0.4) is 0 Å². The molecule has 0 aromatic carbocycles. The molecule has 1 heteroatoms. The zero-order valence-corrected chi connectivity index (χ0v) is 8.64. The van der Waals surface area contributed by atoms with Crippen LogP contribution >= 0.6 is 0 Å². The van der Waals surface area contributed by atoms with E-state index in [1.54, 1.807) is 0 Å². The Morgan fingerprint density at radius 1 is 1.08 bits per heavy atom. The zero-order chi connectivity index (χ0) is 8.77. The summed E-state index contributed by atoms with van der Waals surface area (Å²) in [6.07, 6.45) is 5.81. The second kappa shape index (κ2) is 2.73. The number of hydrogen-bond acceptors (Lipinski definition) is 1. The van der Waals surface area contributed by atoms with Gasteiger partial charge in [-0.2, -0.15) is 0 Å². The standard InChI is InChI=1S/C11H21N/c1-11(2,3)10-7-6-9-5-4-8-12(9)10/h9-10H,4-8H2,1-3H3. The molecule has 2 fully saturated rings. The molecule has 70 valence electrons. The van der Waals surface area contributed by atoms with E-state index in [0.717, 1.165) is 12.1 Å². The molecule has 0 amide bonds. The molecule has 12 heavy (non-hydrogen) atoms. The predicted octanol–water partition coefficient (Wildman–Crippen LogP) is 2.66. The molecule has 2 aliphatic heterocycles. The highest BCUT2D eigenvalue weighted by molar-refractivity contribution is 4.96. The van der Waals surface area contributed by atoms with Crippen molar-refractivity contribution >= 4 is 0 Å². The number of nitrogens with zero attached hydrogens (tertiary/aromatic N) is 1. The average molecular weight is 167 g/mol. The van der Waals surface area contributed by atoms with Gasteiger partial charge in [-0.05, 0) is 37.6 Å². The first-order valence-corrected chi connectivity index (χ1v) is 5.35. The van der Waals surface area contributed by atoms with Crippen molar-refractivity contribution in [2.45, 2.75) is 58.5 Å². The van der Waals surface area contributed by atoms with E-state index in [1.807, 2.05) is 0 Å². The first kappa shape index (κ1) is 8.55. The van der Waals surface area contributed by atoms with Crippen LogP contribution in [-0.2, 0) is 0 Å². The number of hydrogen-bond donors (Lipinski definition) is 0. The molecule has 0 spiro atoms. The van der Waals surface area contributed by atoms with Gasteiger partial charge in [0.1, 0.15) is 0 Å². The molecule has 0 saturated carbocycles. The minimum Gasteiger partial charge on any atom is -0.297 e. The largest absolute Gasteiger partial charge is 0.297 e. The number of rotatable bonds is 0. The monoisotopic (exact) mass is 167 g/mol. The van der Waals surface area contributed by atoms with Crippen LogP contribution in [-0.4, -0.2) is 23.5 Å². The quantitative estimate of drug-likeness (QED) is 0.536. The van der Waals surface area contributed by atoms with Crippen molar-refractivity contribution in [3.63, 3.8) is 0 Å². The minimum absolute atomic E-state index is 0.499. The van der Waals surface area contributed by atoms with Crippen LogP contribution in [0.5, 0.6) is 0 Å². The Balaban J connectivity index is 2.09. The summed E-state index contributed by atoms with van der Waals surface area (Å²) in [6.45, 7) is 8.53. The second-order valence-electron chi connectivity index (χ2n) is 5.49. The zero-order valence-electron chi connectivity index (χ0n) is 8.64. The maximum atomic E-state index is 2.76. The Bertz CT molecular complexity index is 168. The van der Waals surface area contributed by atoms with Crippen LogP contribution in [0, 0.1) is 5.41 Å². The highest BCUT2D eigenvalue weighted by atomic mass is 15.2. The van der Waals surface area contributed by atoms with Crippen LogP contribution in [0.2, 0.25) is 0 Å². The fourth-order valence-electron chi connectivity index (χ4n) is 3.02. The second-order valence-corrected chi connectivity index (χ2v) is 5.49.